The number of para-hydroxylation sites is 1. The number of anilines is 2. The second kappa shape index (κ2) is 10.8. The molecule has 1 atom stereocenters. The lowest BCUT2D eigenvalue weighted by Gasteiger charge is -2.30. The van der Waals surface area contributed by atoms with Gasteiger partial charge in [-0.25, -0.2) is 8.42 Å². The highest BCUT2D eigenvalue weighted by Crippen LogP contribution is 2.36. The lowest BCUT2D eigenvalue weighted by Crippen LogP contribution is -2.43. The summed E-state index contributed by atoms with van der Waals surface area (Å²) in [4.78, 5) is 20.2. The number of amides is 1. The molecule has 37 heavy (non-hydrogen) atoms. The molecule has 0 bridgehead atoms. The molecule has 3 aromatic carbocycles. The van der Waals surface area contributed by atoms with Gasteiger partial charge in [-0.05, 0) is 35.4 Å². The van der Waals surface area contributed by atoms with Gasteiger partial charge in [0.15, 0.2) is 0 Å². The first-order valence-electron chi connectivity index (χ1n) is 12.3. The van der Waals surface area contributed by atoms with Crippen molar-refractivity contribution >= 4 is 38.7 Å². The van der Waals surface area contributed by atoms with Crippen molar-refractivity contribution in [3.8, 4) is 0 Å². The molecule has 8 nitrogen and oxygen atoms in total. The van der Waals surface area contributed by atoms with E-state index in [9.17, 15) is 13.2 Å². The minimum absolute atomic E-state index is 0.136. The molecule has 3 aromatic rings. The average Bonchev–Trinajstić information content (AvgIpc) is 3.23. The molecular formula is C28H30N4O4S. The average molecular weight is 519 g/mol. The second-order valence-electron chi connectivity index (χ2n) is 9.18. The van der Waals surface area contributed by atoms with Gasteiger partial charge in [0.25, 0.3) is 0 Å². The maximum Gasteiger partial charge on any atom is 0.238 e. The van der Waals surface area contributed by atoms with Crippen molar-refractivity contribution in [1.29, 1.82) is 0 Å². The van der Waals surface area contributed by atoms with Crippen molar-refractivity contribution in [2.24, 2.45) is 4.99 Å². The Morgan fingerprint density at radius 1 is 1.03 bits per heavy atom. The van der Waals surface area contributed by atoms with Crippen LogP contribution in [0.2, 0.25) is 0 Å². The van der Waals surface area contributed by atoms with Crippen LogP contribution in [0.4, 0.5) is 17.1 Å². The van der Waals surface area contributed by atoms with Crippen LogP contribution in [-0.4, -0.2) is 70.6 Å². The van der Waals surface area contributed by atoms with Gasteiger partial charge in [-0.1, -0.05) is 54.6 Å². The summed E-state index contributed by atoms with van der Waals surface area (Å²) in [6.07, 6.45) is 1.22. The van der Waals surface area contributed by atoms with Gasteiger partial charge in [-0.2, -0.15) is 0 Å². The summed E-state index contributed by atoms with van der Waals surface area (Å²) >= 11 is 0. The molecule has 2 aliphatic heterocycles. The van der Waals surface area contributed by atoms with Crippen LogP contribution in [0.25, 0.3) is 0 Å². The monoisotopic (exact) mass is 518 g/mol. The van der Waals surface area contributed by atoms with E-state index in [2.05, 4.69) is 10.2 Å². The third-order valence-corrected chi connectivity index (χ3v) is 7.82. The van der Waals surface area contributed by atoms with Gasteiger partial charge < -0.3 is 10.1 Å². The highest BCUT2D eigenvalue weighted by atomic mass is 32.2. The largest absolute Gasteiger partial charge is 0.379 e. The molecule has 0 aromatic heterocycles. The van der Waals surface area contributed by atoms with Crippen LogP contribution in [0.15, 0.2) is 83.9 Å². The van der Waals surface area contributed by atoms with E-state index in [1.54, 1.807) is 18.2 Å². The number of hydrogen-bond donors (Lipinski definition) is 1. The summed E-state index contributed by atoms with van der Waals surface area (Å²) in [5.74, 6) is -0.710. The Morgan fingerprint density at radius 2 is 1.76 bits per heavy atom. The maximum atomic E-state index is 13.1. The summed E-state index contributed by atoms with van der Waals surface area (Å²) in [5.41, 5.74) is 4.21. The highest BCUT2D eigenvalue weighted by molar-refractivity contribution is 7.92. The zero-order chi connectivity index (χ0) is 25.8. The smallest absolute Gasteiger partial charge is 0.238 e. The van der Waals surface area contributed by atoms with Gasteiger partial charge >= 0.3 is 0 Å². The van der Waals surface area contributed by atoms with E-state index >= 15 is 0 Å². The van der Waals surface area contributed by atoms with Crippen molar-refractivity contribution in [3.05, 3.63) is 90.0 Å². The minimum atomic E-state index is -3.52. The lowest BCUT2D eigenvalue weighted by atomic mass is 9.90. The van der Waals surface area contributed by atoms with Crippen LogP contribution in [0, 0.1) is 0 Å². The highest BCUT2D eigenvalue weighted by Gasteiger charge is 2.35. The Balaban J connectivity index is 1.51. The third-order valence-electron chi connectivity index (χ3n) is 6.63. The molecular weight excluding hydrogens is 488 g/mol. The summed E-state index contributed by atoms with van der Waals surface area (Å²) in [6.45, 7) is 3.82. The molecule has 0 radical (unpaired) electrons. The molecule has 1 saturated heterocycles. The van der Waals surface area contributed by atoms with Gasteiger partial charge in [0.05, 0.1) is 36.6 Å². The number of ether oxygens (including phenoxy) is 1. The maximum absolute atomic E-state index is 13.1. The zero-order valence-electron chi connectivity index (χ0n) is 20.7. The minimum Gasteiger partial charge on any atom is -0.379 e. The quantitative estimate of drug-likeness (QED) is 0.460. The number of aliphatic imine (C=N–C) groups is 1. The SMILES string of the molecule is CS(=O)(=O)N(CCN1CCOCC1)c1cccc(N=C(c2ccccc2)C2C(=O)Nc3ccccc32)c1. The van der Waals surface area contributed by atoms with Gasteiger partial charge in [-0.3, -0.25) is 19.0 Å². The van der Waals surface area contributed by atoms with Crippen LogP contribution >= 0.6 is 0 Å². The number of fused-ring (bicyclic) bond motifs is 1. The third kappa shape index (κ3) is 5.74. The molecule has 192 valence electrons. The van der Waals surface area contributed by atoms with Gasteiger partial charge in [-0.15, -0.1) is 0 Å². The molecule has 2 heterocycles. The first kappa shape index (κ1) is 25.1. The van der Waals surface area contributed by atoms with Crippen molar-refractivity contribution in [1.82, 2.24) is 4.90 Å². The van der Waals surface area contributed by atoms with E-state index in [0.29, 0.717) is 43.4 Å². The number of carbonyl (C=O) groups is 1. The van der Waals surface area contributed by atoms with Crippen LogP contribution in [0.1, 0.15) is 17.0 Å². The first-order chi connectivity index (χ1) is 17.9. The molecule has 1 fully saturated rings. The Morgan fingerprint density at radius 3 is 2.51 bits per heavy atom. The second-order valence-corrected chi connectivity index (χ2v) is 11.1. The Labute approximate surface area is 217 Å². The fourth-order valence-corrected chi connectivity index (χ4v) is 5.69. The lowest BCUT2D eigenvalue weighted by molar-refractivity contribution is -0.115. The molecule has 1 N–H and O–H groups in total. The van der Waals surface area contributed by atoms with E-state index in [4.69, 9.17) is 9.73 Å². The van der Waals surface area contributed by atoms with Gasteiger partial charge in [0, 0.05) is 31.9 Å². The van der Waals surface area contributed by atoms with E-state index in [1.807, 2.05) is 60.7 Å². The standard InChI is InChI=1S/C28H30N4O4S/c1-37(34,35)32(15-14-31-16-18-36-19-17-31)23-11-7-10-22(20-23)29-27(21-8-3-2-4-9-21)26-24-12-5-6-13-25(24)30-28(26)33/h2-13,20,26H,14-19H2,1H3,(H,30,33). The Bertz CT molecular complexity index is 1400. The van der Waals surface area contributed by atoms with Gasteiger partial charge in [0.2, 0.25) is 15.9 Å². The number of carbonyl (C=O) groups excluding carboxylic acids is 1. The number of nitrogens with zero attached hydrogens (tertiary/aromatic N) is 3. The molecule has 0 saturated carbocycles. The summed E-state index contributed by atoms with van der Waals surface area (Å²) in [7, 11) is -3.52. The summed E-state index contributed by atoms with van der Waals surface area (Å²) in [6, 6.07) is 24.4. The van der Waals surface area contributed by atoms with Crippen molar-refractivity contribution in [2.45, 2.75) is 5.92 Å². The predicted octanol–water partition coefficient (Wildman–Crippen LogP) is 3.64. The van der Waals surface area contributed by atoms with Crippen LogP contribution in [0.5, 0.6) is 0 Å². The summed E-state index contributed by atoms with van der Waals surface area (Å²) < 4.78 is 32.3. The molecule has 0 spiro atoms. The zero-order valence-corrected chi connectivity index (χ0v) is 21.5. The van der Waals surface area contributed by atoms with E-state index < -0.39 is 15.9 Å². The fourth-order valence-electron chi connectivity index (χ4n) is 4.79. The number of rotatable bonds is 8. The topological polar surface area (TPSA) is 91.3 Å². The van der Waals surface area contributed by atoms with E-state index in [-0.39, 0.29) is 5.91 Å². The molecule has 5 rings (SSSR count). The number of sulfonamides is 1. The number of morpholine rings is 1. The van der Waals surface area contributed by atoms with E-state index in [0.717, 1.165) is 29.9 Å². The van der Waals surface area contributed by atoms with Crippen LogP contribution in [0.3, 0.4) is 0 Å². The molecule has 0 aliphatic carbocycles. The Kier molecular flexibility index (Phi) is 7.36. The fraction of sp³-hybridized carbons (Fsp3) is 0.286. The van der Waals surface area contributed by atoms with Crippen molar-refractivity contribution in [2.75, 3.05) is 55.3 Å². The predicted molar refractivity (Wildman–Crippen MR) is 146 cm³/mol. The first-order valence-corrected chi connectivity index (χ1v) is 14.2. The number of benzene rings is 3. The van der Waals surface area contributed by atoms with Crippen molar-refractivity contribution in [3.63, 3.8) is 0 Å². The van der Waals surface area contributed by atoms with Crippen LogP contribution in [-0.2, 0) is 19.6 Å². The van der Waals surface area contributed by atoms with Crippen LogP contribution < -0.4 is 9.62 Å². The molecule has 1 amide bonds. The summed E-state index contributed by atoms with van der Waals surface area (Å²) in [5, 5.41) is 2.96. The van der Waals surface area contributed by atoms with Gasteiger partial charge in [0.1, 0.15) is 5.92 Å². The van der Waals surface area contributed by atoms with E-state index in [1.165, 1.54) is 10.6 Å². The molecule has 2 aliphatic rings. The molecule has 1 unspecified atom stereocenters. The normalized spacial score (nSPS) is 18.4. The number of hydrogen-bond acceptors (Lipinski definition) is 6. The Hall–Kier alpha value is -3.53. The van der Waals surface area contributed by atoms with Crippen molar-refractivity contribution < 1.29 is 17.9 Å². The number of nitrogens with one attached hydrogen (secondary N) is 1. The molecule has 9 heteroatoms.